The zero-order chi connectivity index (χ0) is 14.5. The monoisotopic (exact) mass is 289 g/mol. The van der Waals surface area contributed by atoms with Crippen molar-refractivity contribution in [2.24, 2.45) is 0 Å². The smallest absolute Gasteiger partial charge is 0.251 e. The minimum atomic E-state index is -0.0494. The molecule has 1 aromatic carbocycles. The number of thiol groups is 1. The molecule has 0 radical (unpaired) electrons. The number of benzene rings is 1. The van der Waals surface area contributed by atoms with Crippen LogP contribution in [0.5, 0.6) is 0 Å². The highest BCUT2D eigenvalue weighted by Gasteiger charge is 2.04. The summed E-state index contributed by atoms with van der Waals surface area (Å²) in [6, 6.07) is 9.23. The Morgan fingerprint density at radius 2 is 2.00 bits per heavy atom. The number of hydrogen-bond donors (Lipinski definition) is 2. The lowest BCUT2D eigenvalue weighted by Crippen LogP contribution is -2.25. The summed E-state index contributed by atoms with van der Waals surface area (Å²) in [4.78, 5) is 12.7. The number of carbonyl (C=O) groups excluding carboxylic acids is 1. The molecule has 0 bridgehead atoms. The van der Waals surface area contributed by atoms with Crippen LogP contribution in [0, 0.1) is 13.8 Å². The van der Waals surface area contributed by atoms with E-state index in [-0.39, 0.29) is 5.91 Å². The van der Waals surface area contributed by atoms with Crippen LogP contribution in [-0.2, 0) is 6.54 Å². The number of aromatic nitrogens is 2. The molecule has 1 aromatic heterocycles. The van der Waals surface area contributed by atoms with Gasteiger partial charge in [0.05, 0.1) is 5.69 Å². The minimum absolute atomic E-state index is 0.0494. The maximum absolute atomic E-state index is 11.9. The van der Waals surface area contributed by atoms with Crippen LogP contribution in [0.15, 0.2) is 35.2 Å². The molecule has 0 aliphatic heterocycles. The number of carbonyl (C=O) groups is 1. The van der Waals surface area contributed by atoms with Crippen LogP contribution in [0.1, 0.15) is 28.2 Å². The first-order valence-corrected chi connectivity index (χ1v) is 7.09. The van der Waals surface area contributed by atoms with E-state index in [0.29, 0.717) is 12.1 Å². The molecule has 0 spiro atoms. The standard InChI is InChI=1S/C15H19N3OS/c1-11-10-12(2)18(17-11)9-3-8-16-15(19)13-4-6-14(20)7-5-13/h4-7,10,20H,3,8-9H2,1-2H3,(H,16,19). The molecule has 5 heteroatoms. The van der Waals surface area contributed by atoms with E-state index in [9.17, 15) is 4.79 Å². The molecular weight excluding hydrogens is 270 g/mol. The lowest BCUT2D eigenvalue weighted by molar-refractivity contribution is 0.0952. The molecule has 4 nitrogen and oxygen atoms in total. The van der Waals surface area contributed by atoms with E-state index in [1.165, 1.54) is 0 Å². The van der Waals surface area contributed by atoms with Crippen molar-refractivity contribution in [3.05, 3.63) is 47.3 Å². The number of nitrogens with zero attached hydrogens (tertiary/aromatic N) is 2. The molecule has 2 aromatic rings. The molecule has 20 heavy (non-hydrogen) atoms. The van der Waals surface area contributed by atoms with E-state index < -0.39 is 0 Å². The second-order valence-electron chi connectivity index (χ2n) is 4.81. The van der Waals surface area contributed by atoms with Gasteiger partial charge in [-0.05, 0) is 50.6 Å². The van der Waals surface area contributed by atoms with Crippen molar-refractivity contribution in [2.45, 2.75) is 31.7 Å². The van der Waals surface area contributed by atoms with Gasteiger partial charge in [0, 0.05) is 29.2 Å². The molecule has 106 valence electrons. The lowest BCUT2D eigenvalue weighted by Gasteiger charge is -2.07. The molecule has 0 saturated carbocycles. The van der Waals surface area contributed by atoms with E-state index in [1.54, 1.807) is 12.1 Å². The fraction of sp³-hybridized carbons (Fsp3) is 0.333. The molecule has 2 rings (SSSR count). The van der Waals surface area contributed by atoms with Crippen molar-refractivity contribution in [1.29, 1.82) is 0 Å². The Morgan fingerprint density at radius 3 is 2.60 bits per heavy atom. The fourth-order valence-corrected chi connectivity index (χ4v) is 2.20. The predicted octanol–water partition coefficient (Wildman–Crippen LogP) is 2.61. The Labute approximate surface area is 124 Å². The topological polar surface area (TPSA) is 46.9 Å². The van der Waals surface area contributed by atoms with Gasteiger partial charge in [0.1, 0.15) is 0 Å². The first-order chi connectivity index (χ1) is 9.56. The second-order valence-corrected chi connectivity index (χ2v) is 5.32. The normalized spacial score (nSPS) is 10.6. The SMILES string of the molecule is Cc1cc(C)n(CCCNC(=O)c2ccc(S)cc2)n1. The van der Waals surface area contributed by atoms with Crippen molar-refractivity contribution in [1.82, 2.24) is 15.1 Å². The summed E-state index contributed by atoms with van der Waals surface area (Å²) in [7, 11) is 0. The van der Waals surface area contributed by atoms with Gasteiger partial charge in [-0.3, -0.25) is 9.48 Å². The fourth-order valence-electron chi connectivity index (χ4n) is 2.05. The van der Waals surface area contributed by atoms with Gasteiger partial charge in [0.25, 0.3) is 5.91 Å². The summed E-state index contributed by atoms with van der Waals surface area (Å²) >= 11 is 4.20. The van der Waals surface area contributed by atoms with E-state index in [4.69, 9.17) is 0 Å². The van der Waals surface area contributed by atoms with Crippen LogP contribution in [-0.4, -0.2) is 22.2 Å². The number of nitrogens with one attached hydrogen (secondary N) is 1. The Morgan fingerprint density at radius 1 is 1.30 bits per heavy atom. The van der Waals surface area contributed by atoms with E-state index in [1.807, 2.05) is 30.7 Å². The summed E-state index contributed by atoms with van der Waals surface area (Å²) < 4.78 is 1.97. The number of hydrogen-bond acceptors (Lipinski definition) is 3. The Balaban J connectivity index is 1.77. The van der Waals surface area contributed by atoms with Crippen LogP contribution < -0.4 is 5.32 Å². The molecule has 0 aliphatic carbocycles. The van der Waals surface area contributed by atoms with Crippen LogP contribution >= 0.6 is 12.6 Å². The van der Waals surface area contributed by atoms with Crippen molar-refractivity contribution < 1.29 is 4.79 Å². The average molecular weight is 289 g/mol. The quantitative estimate of drug-likeness (QED) is 0.656. The number of aryl methyl sites for hydroxylation is 3. The van der Waals surface area contributed by atoms with Crippen LogP contribution in [0.25, 0.3) is 0 Å². The third kappa shape index (κ3) is 3.87. The van der Waals surface area contributed by atoms with Gasteiger partial charge in [-0.25, -0.2) is 0 Å². The highest BCUT2D eigenvalue weighted by atomic mass is 32.1. The molecule has 0 fully saturated rings. The maximum Gasteiger partial charge on any atom is 0.251 e. The van der Waals surface area contributed by atoms with E-state index in [0.717, 1.165) is 29.2 Å². The summed E-state index contributed by atoms with van der Waals surface area (Å²) in [5.74, 6) is -0.0494. The first kappa shape index (κ1) is 14.7. The summed E-state index contributed by atoms with van der Waals surface area (Å²) in [5.41, 5.74) is 2.84. The molecule has 1 amide bonds. The molecule has 0 unspecified atom stereocenters. The average Bonchev–Trinajstić information content (AvgIpc) is 2.73. The Hall–Kier alpha value is -1.75. The van der Waals surface area contributed by atoms with Gasteiger partial charge in [-0.15, -0.1) is 12.6 Å². The highest BCUT2D eigenvalue weighted by molar-refractivity contribution is 7.80. The summed E-state index contributed by atoms with van der Waals surface area (Å²) in [6.45, 7) is 5.48. The van der Waals surface area contributed by atoms with E-state index >= 15 is 0 Å². The van der Waals surface area contributed by atoms with Crippen LogP contribution in [0.2, 0.25) is 0 Å². The minimum Gasteiger partial charge on any atom is -0.352 e. The maximum atomic E-state index is 11.9. The molecule has 1 heterocycles. The van der Waals surface area contributed by atoms with Gasteiger partial charge in [-0.2, -0.15) is 5.10 Å². The second kappa shape index (κ2) is 6.61. The molecule has 0 saturated heterocycles. The number of amides is 1. The summed E-state index contributed by atoms with van der Waals surface area (Å²) in [6.07, 6.45) is 0.859. The first-order valence-electron chi connectivity index (χ1n) is 6.64. The predicted molar refractivity (Wildman–Crippen MR) is 82.3 cm³/mol. The summed E-state index contributed by atoms with van der Waals surface area (Å²) in [5, 5.41) is 7.30. The van der Waals surface area contributed by atoms with Gasteiger partial charge < -0.3 is 5.32 Å². The Kier molecular flexibility index (Phi) is 4.84. The third-order valence-electron chi connectivity index (χ3n) is 3.07. The van der Waals surface area contributed by atoms with Gasteiger partial charge in [0.15, 0.2) is 0 Å². The molecule has 1 N–H and O–H groups in total. The van der Waals surface area contributed by atoms with Crippen molar-refractivity contribution in [3.8, 4) is 0 Å². The van der Waals surface area contributed by atoms with E-state index in [2.05, 4.69) is 29.1 Å². The largest absolute Gasteiger partial charge is 0.352 e. The van der Waals surface area contributed by atoms with Crippen molar-refractivity contribution in [2.75, 3.05) is 6.54 Å². The van der Waals surface area contributed by atoms with Gasteiger partial charge >= 0.3 is 0 Å². The van der Waals surface area contributed by atoms with Crippen LogP contribution in [0.4, 0.5) is 0 Å². The highest BCUT2D eigenvalue weighted by Crippen LogP contribution is 2.07. The van der Waals surface area contributed by atoms with Crippen molar-refractivity contribution in [3.63, 3.8) is 0 Å². The van der Waals surface area contributed by atoms with Crippen LogP contribution in [0.3, 0.4) is 0 Å². The third-order valence-corrected chi connectivity index (χ3v) is 3.36. The number of rotatable bonds is 5. The lowest BCUT2D eigenvalue weighted by atomic mass is 10.2. The molecule has 0 atom stereocenters. The Bertz CT molecular complexity index is 590. The molecule has 0 aliphatic rings. The molecular formula is C15H19N3OS. The zero-order valence-electron chi connectivity index (χ0n) is 11.8. The van der Waals surface area contributed by atoms with Gasteiger partial charge in [0.2, 0.25) is 0 Å². The van der Waals surface area contributed by atoms with Gasteiger partial charge in [-0.1, -0.05) is 0 Å². The van der Waals surface area contributed by atoms with Crippen molar-refractivity contribution >= 4 is 18.5 Å². The zero-order valence-corrected chi connectivity index (χ0v) is 12.7.